The lowest BCUT2D eigenvalue weighted by atomic mass is 10.2. The normalized spacial score (nSPS) is 11.4. The summed E-state index contributed by atoms with van der Waals surface area (Å²) in [6, 6.07) is 19.9. The van der Waals surface area contributed by atoms with Crippen LogP contribution < -0.4 is 4.74 Å². The van der Waals surface area contributed by atoms with Gasteiger partial charge in [0.2, 0.25) is 0 Å². The Morgan fingerprint density at radius 3 is 2.36 bits per heavy atom. The Labute approximate surface area is 162 Å². The third kappa shape index (κ3) is 2.62. The van der Waals surface area contributed by atoms with Gasteiger partial charge in [0.05, 0.1) is 5.39 Å². The molecule has 5 aromatic rings. The number of hydrogen-bond donors (Lipinski definition) is 0. The van der Waals surface area contributed by atoms with E-state index in [1.54, 1.807) is 10.8 Å². The fourth-order valence-electron chi connectivity index (χ4n) is 3.52. The molecule has 3 heterocycles. The summed E-state index contributed by atoms with van der Waals surface area (Å²) in [5.74, 6) is 1.43. The summed E-state index contributed by atoms with van der Waals surface area (Å²) in [4.78, 5) is 9.42. The average Bonchev–Trinajstić information content (AvgIpc) is 3.26. The van der Waals surface area contributed by atoms with Gasteiger partial charge >= 0.3 is 0 Å². The minimum Gasteiger partial charge on any atom is -0.486 e. The number of benzene rings is 2. The quantitative estimate of drug-likeness (QED) is 0.475. The number of fused-ring (bicyclic) bond motifs is 3. The van der Waals surface area contributed by atoms with Gasteiger partial charge in [-0.15, -0.1) is 5.10 Å². The summed E-state index contributed by atoms with van der Waals surface area (Å²) in [5.41, 5.74) is 5.07. The maximum atomic E-state index is 5.80. The fourth-order valence-corrected chi connectivity index (χ4v) is 3.52. The molecule has 0 bridgehead atoms. The standard InChI is InChI=1S/C22H19N5O/c1-15-16(2)27(17-9-5-3-6-10-17)21-20(15)22-24-19(25-26(22)14-23-21)13-28-18-11-7-4-8-12-18/h3-12,14H,13H2,1-2H3. The Kier molecular flexibility index (Phi) is 3.83. The molecule has 6 nitrogen and oxygen atoms in total. The second kappa shape index (κ2) is 6.49. The molecule has 0 fully saturated rings. The zero-order valence-corrected chi connectivity index (χ0v) is 15.7. The maximum absolute atomic E-state index is 5.80. The highest BCUT2D eigenvalue weighted by Crippen LogP contribution is 2.29. The Morgan fingerprint density at radius 1 is 0.893 bits per heavy atom. The van der Waals surface area contributed by atoms with Crippen LogP contribution in [-0.2, 0) is 6.61 Å². The van der Waals surface area contributed by atoms with Gasteiger partial charge in [0.15, 0.2) is 17.1 Å². The molecular weight excluding hydrogens is 350 g/mol. The molecule has 0 aliphatic carbocycles. The van der Waals surface area contributed by atoms with Gasteiger partial charge in [0.1, 0.15) is 18.7 Å². The van der Waals surface area contributed by atoms with E-state index in [1.165, 1.54) is 0 Å². The first-order valence-corrected chi connectivity index (χ1v) is 9.17. The van der Waals surface area contributed by atoms with Crippen molar-refractivity contribution in [3.63, 3.8) is 0 Å². The molecule has 0 amide bonds. The molecule has 6 heteroatoms. The monoisotopic (exact) mass is 369 g/mol. The molecule has 0 radical (unpaired) electrons. The van der Waals surface area contributed by atoms with Gasteiger partial charge in [-0.25, -0.2) is 14.5 Å². The summed E-state index contributed by atoms with van der Waals surface area (Å²) >= 11 is 0. The molecule has 0 aliphatic rings. The van der Waals surface area contributed by atoms with Crippen molar-refractivity contribution in [2.24, 2.45) is 0 Å². The summed E-state index contributed by atoms with van der Waals surface area (Å²) < 4.78 is 9.69. The van der Waals surface area contributed by atoms with Crippen LogP contribution in [0, 0.1) is 13.8 Å². The highest BCUT2D eigenvalue weighted by molar-refractivity contribution is 5.94. The largest absolute Gasteiger partial charge is 0.486 e. The van der Waals surface area contributed by atoms with Gasteiger partial charge < -0.3 is 4.74 Å². The van der Waals surface area contributed by atoms with E-state index < -0.39 is 0 Å². The number of aromatic nitrogens is 5. The fraction of sp³-hybridized carbons (Fsp3) is 0.136. The van der Waals surface area contributed by atoms with E-state index in [0.717, 1.165) is 39.4 Å². The Bertz CT molecular complexity index is 1270. The predicted molar refractivity (Wildman–Crippen MR) is 108 cm³/mol. The van der Waals surface area contributed by atoms with Crippen molar-refractivity contribution in [3.8, 4) is 11.4 Å². The molecule has 3 aromatic heterocycles. The molecular formula is C22H19N5O. The van der Waals surface area contributed by atoms with Crippen LogP contribution in [0.2, 0.25) is 0 Å². The van der Waals surface area contributed by atoms with Crippen molar-refractivity contribution in [2.45, 2.75) is 20.5 Å². The van der Waals surface area contributed by atoms with E-state index >= 15 is 0 Å². The molecule has 0 saturated carbocycles. The van der Waals surface area contributed by atoms with Gasteiger partial charge in [-0.1, -0.05) is 36.4 Å². The summed E-state index contributed by atoms with van der Waals surface area (Å²) in [7, 11) is 0. The van der Waals surface area contributed by atoms with Crippen molar-refractivity contribution < 1.29 is 4.74 Å². The van der Waals surface area contributed by atoms with E-state index in [9.17, 15) is 0 Å². The highest BCUT2D eigenvalue weighted by atomic mass is 16.5. The van der Waals surface area contributed by atoms with Crippen molar-refractivity contribution in [1.82, 2.24) is 24.1 Å². The lowest BCUT2D eigenvalue weighted by Gasteiger charge is -2.07. The van der Waals surface area contributed by atoms with E-state index in [0.29, 0.717) is 12.4 Å². The van der Waals surface area contributed by atoms with Crippen molar-refractivity contribution >= 4 is 16.7 Å². The smallest absolute Gasteiger partial charge is 0.189 e. The molecule has 2 aromatic carbocycles. The number of nitrogens with zero attached hydrogens (tertiary/aromatic N) is 5. The van der Waals surface area contributed by atoms with Crippen molar-refractivity contribution in [3.05, 3.63) is 84.1 Å². The second-order valence-electron chi connectivity index (χ2n) is 6.72. The van der Waals surface area contributed by atoms with Crippen LogP contribution in [0.15, 0.2) is 67.0 Å². The van der Waals surface area contributed by atoms with Crippen LogP contribution in [0.4, 0.5) is 0 Å². The summed E-state index contributed by atoms with van der Waals surface area (Å²) in [5, 5.41) is 5.56. The number of ether oxygens (including phenoxy) is 1. The molecule has 0 atom stereocenters. The number of aryl methyl sites for hydroxylation is 1. The summed E-state index contributed by atoms with van der Waals surface area (Å²) in [6.45, 7) is 4.52. The first-order valence-electron chi connectivity index (χ1n) is 9.17. The van der Waals surface area contributed by atoms with Gasteiger partial charge in [0, 0.05) is 11.4 Å². The molecule has 0 saturated heterocycles. The van der Waals surface area contributed by atoms with Gasteiger partial charge in [-0.3, -0.25) is 4.57 Å². The zero-order chi connectivity index (χ0) is 19.1. The average molecular weight is 369 g/mol. The van der Waals surface area contributed by atoms with Gasteiger partial charge in [0.25, 0.3) is 0 Å². The lowest BCUT2D eigenvalue weighted by Crippen LogP contribution is -1.99. The third-order valence-electron chi connectivity index (χ3n) is 5.00. The van der Waals surface area contributed by atoms with E-state index in [-0.39, 0.29) is 0 Å². The topological polar surface area (TPSA) is 57.2 Å². The first kappa shape index (κ1) is 16.5. The minimum atomic E-state index is 0.310. The van der Waals surface area contributed by atoms with Crippen LogP contribution in [0.3, 0.4) is 0 Å². The second-order valence-corrected chi connectivity index (χ2v) is 6.72. The van der Waals surface area contributed by atoms with Gasteiger partial charge in [-0.2, -0.15) is 0 Å². The number of hydrogen-bond acceptors (Lipinski definition) is 4. The zero-order valence-electron chi connectivity index (χ0n) is 15.7. The molecule has 0 aliphatic heterocycles. The molecule has 138 valence electrons. The number of rotatable bonds is 4. The third-order valence-corrected chi connectivity index (χ3v) is 5.00. The molecule has 28 heavy (non-hydrogen) atoms. The first-order chi connectivity index (χ1) is 13.7. The van der Waals surface area contributed by atoms with Crippen molar-refractivity contribution in [1.29, 1.82) is 0 Å². The Hall–Kier alpha value is -3.67. The van der Waals surface area contributed by atoms with E-state index in [1.807, 2.05) is 48.5 Å². The maximum Gasteiger partial charge on any atom is 0.189 e. The number of para-hydroxylation sites is 2. The highest BCUT2D eigenvalue weighted by Gasteiger charge is 2.18. The lowest BCUT2D eigenvalue weighted by molar-refractivity contribution is 0.296. The van der Waals surface area contributed by atoms with E-state index in [2.05, 4.69) is 40.6 Å². The molecule has 0 N–H and O–H groups in total. The van der Waals surface area contributed by atoms with Crippen LogP contribution in [-0.4, -0.2) is 24.1 Å². The van der Waals surface area contributed by atoms with Crippen LogP contribution in [0.1, 0.15) is 17.1 Å². The Balaban J connectivity index is 1.61. The minimum absolute atomic E-state index is 0.310. The van der Waals surface area contributed by atoms with Crippen LogP contribution in [0.25, 0.3) is 22.4 Å². The van der Waals surface area contributed by atoms with Crippen molar-refractivity contribution in [2.75, 3.05) is 0 Å². The Morgan fingerprint density at radius 2 is 1.61 bits per heavy atom. The van der Waals surface area contributed by atoms with Crippen LogP contribution >= 0.6 is 0 Å². The van der Waals surface area contributed by atoms with E-state index in [4.69, 9.17) is 9.72 Å². The predicted octanol–water partition coefficient (Wildman–Crippen LogP) is 4.26. The van der Waals surface area contributed by atoms with Gasteiger partial charge in [-0.05, 0) is 43.7 Å². The SMILES string of the molecule is Cc1c(C)n(-c2ccccc2)c2ncn3nc(COc4ccccc4)nc3c12. The molecule has 5 rings (SSSR count). The summed E-state index contributed by atoms with van der Waals surface area (Å²) in [6.07, 6.45) is 1.72. The molecule has 0 unspecified atom stereocenters. The van der Waals surface area contributed by atoms with Crippen LogP contribution in [0.5, 0.6) is 5.75 Å². The molecule has 0 spiro atoms.